The van der Waals surface area contributed by atoms with Gasteiger partial charge >= 0.3 is 6.18 Å². The zero-order chi connectivity index (χ0) is 30.7. The summed E-state index contributed by atoms with van der Waals surface area (Å²) in [6.07, 6.45) is 5.78. The van der Waals surface area contributed by atoms with Gasteiger partial charge in [0, 0.05) is 25.7 Å². The molecule has 1 spiro atoms. The number of carbonyl (C=O) groups is 2. The van der Waals surface area contributed by atoms with Crippen molar-refractivity contribution in [1.29, 1.82) is 0 Å². The summed E-state index contributed by atoms with van der Waals surface area (Å²) in [5.41, 5.74) is 6.19. The Hall–Kier alpha value is -2.72. The molecular weight excluding hydrogens is 569 g/mol. The maximum atomic E-state index is 13.9. The molecule has 2 aliphatic carbocycles. The number of carbonyl (C=O) groups excluding carboxylic acids is 2. The number of rotatable bonds is 11. The van der Waals surface area contributed by atoms with E-state index in [1.165, 1.54) is 37.3 Å². The van der Waals surface area contributed by atoms with E-state index in [0.717, 1.165) is 51.6 Å². The predicted molar refractivity (Wildman–Crippen MR) is 157 cm³/mol. The van der Waals surface area contributed by atoms with Gasteiger partial charge in [-0.25, -0.2) is 0 Å². The molecule has 1 aromatic carbocycles. The molecule has 2 amide bonds. The molecule has 0 aromatic heterocycles. The van der Waals surface area contributed by atoms with Crippen molar-refractivity contribution in [1.82, 2.24) is 15.1 Å². The molecular formula is C31H42ClF3N4O3. The van der Waals surface area contributed by atoms with Gasteiger partial charge in [-0.05, 0) is 100 Å². The normalized spacial score (nSPS) is 21.4. The second-order valence-electron chi connectivity index (χ2n) is 12.2. The van der Waals surface area contributed by atoms with E-state index < -0.39 is 18.0 Å². The number of likely N-dealkylation sites (tertiary alicyclic amines) is 1. The number of nitrogens with zero attached hydrogens (tertiary/aromatic N) is 2. The van der Waals surface area contributed by atoms with Gasteiger partial charge in [-0.15, -0.1) is 0 Å². The highest BCUT2D eigenvalue weighted by Gasteiger charge is 2.48. The number of nitrogens with two attached hydrogens (primary N) is 1. The number of hydrogen-bond acceptors (Lipinski definition) is 5. The van der Waals surface area contributed by atoms with Crippen LogP contribution in [0.15, 0.2) is 47.1 Å². The van der Waals surface area contributed by atoms with Gasteiger partial charge in [0.2, 0.25) is 5.91 Å². The van der Waals surface area contributed by atoms with Crippen molar-refractivity contribution in [2.45, 2.75) is 76.0 Å². The third kappa shape index (κ3) is 8.01. The van der Waals surface area contributed by atoms with Crippen molar-refractivity contribution in [2.75, 3.05) is 33.8 Å². The molecule has 1 aromatic rings. The molecule has 4 rings (SSSR count). The average Bonchev–Trinajstić information content (AvgIpc) is 3.73. The number of likely N-dealkylation sites (N-methyl/N-ethyl adjacent to an activating group) is 1. The first-order chi connectivity index (χ1) is 19.8. The number of nitrogens with one attached hydrogen (secondary N) is 1. The van der Waals surface area contributed by atoms with Gasteiger partial charge in [0.05, 0.1) is 12.7 Å². The summed E-state index contributed by atoms with van der Waals surface area (Å²) in [6.45, 7) is 4.23. The fourth-order valence-corrected chi connectivity index (χ4v) is 6.44. The van der Waals surface area contributed by atoms with Crippen LogP contribution < -0.4 is 15.8 Å². The van der Waals surface area contributed by atoms with E-state index in [4.69, 9.17) is 22.1 Å². The zero-order valence-corrected chi connectivity index (χ0v) is 25.3. The smallest absolute Gasteiger partial charge is 0.404 e. The maximum absolute atomic E-state index is 13.9. The van der Waals surface area contributed by atoms with Gasteiger partial charge in [-0.2, -0.15) is 13.2 Å². The van der Waals surface area contributed by atoms with Crippen molar-refractivity contribution in [3.05, 3.63) is 52.7 Å². The quantitative estimate of drug-likeness (QED) is 0.201. The van der Waals surface area contributed by atoms with Crippen molar-refractivity contribution >= 4 is 23.4 Å². The Bertz CT molecular complexity index is 1180. The summed E-state index contributed by atoms with van der Waals surface area (Å²) in [5, 5.41) is 2.90. The van der Waals surface area contributed by atoms with Crippen LogP contribution in [0.1, 0.15) is 63.4 Å². The molecule has 1 heterocycles. The molecule has 1 unspecified atom stereocenters. The van der Waals surface area contributed by atoms with E-state index in [2.05, 4.69) is 17.1 Å². The Morgan fingerprint density at radius 1 is 1.26 bits per heavy atom. The van der Waals surface area contributed by atoms with Crippen LogP contribution in [-0.2, 0) is 9.59 Å². The topological polar surface area (TPSA) is 87.9 Å². The standard InChI is InChI=1S/C31H42ClF3N4O3/c1-20(7-10-25(27(32)36)28(40)37-23-8-9-23)39-15-12-30(13-16-39)18-21(19-30)11-14-38(2)29(41)26(31(33,34)35)22-5-4-6-24(17-22)42-3/h4-7,10,17,20-21,23,26H,8-9,11-16,18-19,36H2,1-3H3,(H,37,40)/b10-7-,27-25+/t20?,26-/m0/s1. The third-order valence-electron chi connectivity index (χ3n) is 9.08. The van der Waals surface area contributed by atoms with Crippen LogP contribution >= 0.6 is 11.6 Å². The molecule has 2 atom stereocenters. The molecule has 0 radical (unpaired) electrons. The van der Waals surface area contributed by atoms with Crippen LogP contribution in [-0.4, -0.2) is 73.7 Å². The van der Waals surface area contributed by atoms with Crippen molar-refractivity contribution in [3.8, 4) is 5.75 Å². The number of alkyl halides is 3. The van der Waals surface area contributed by atoms with Crippen LogP contribution in [0.25, 0.3) is 0 Å². The number of ether oxygens (including phenoxy) is 1. The molecule has 2 saturated carbocycles. The Kier molecular flexibility index (Phi) is 10.2. The van der Waals surface area contributed by atoms with E-state index >= 15 is 0 Å². The fourth-order valence-electron chi connectivity index (χ4n) is 6.29. The van der Waals surface area contributed by atoms with E-state index in [1.807, 2.05) is 6.08 Å². The van der Waals surface area contributed by atoms with Crippen LogP contribution in [0.5, 0.6) is 5.75 Å². The molecule has 1 aliphatic heterocycles. The minimum absolute atomic E-state index is 0.0173. The van der Waals surface area contributed by atoms with Crippen molar-refractivity contribution in [3.63, 3.8) is 0 Å². The summed E-state index contributed by atoms with van der Waals surface area (Å²) in [6, 6.07) is 5.95. The first-order valence-corrected chi connectivity index (χ1v) is 15.0. The lowest BCUT2D eigenvalue weighted by Crippen LogP contribution is -2.49. The average molecular weight is 611 g/mol. The van der Waals surface area contributed by atoms with Gasteiger partial charge in [0.25, 0.3) is 5.91 Å². The molecule has 0 bridgehead atoms. The Morgan fingerprint density at radius 3 is 2.50 bits per heavy atom. The van der Waals surface area contributed by atoms with E-state index in [1.54, 1.807) is 12.1 Å². The molecule has 11 heteroatoms. The zero-order valence-electron chi connectivity index (χ0n) is 24.6. The maximum Gasteiger partial charge on any atom is 0.404 e. The van der Waals surface area contributed by atoms with E-state index in [9.17, 15) is 22.8 Å². The molecule has 232 valence electrons. The van der Waals surface area contributed by atoms with Gasteiger partial charge in [-0.1, -0.05) is 29.8 Å². The Morgan fingerprint density at radius 2 is 1.93 bits per heavy atom. The van der Waals surface area contributed by atoms with Crippen LogP contribution in [0.2, 0.25) is 0 Å². The molecule has 1 saturated heterocycles. The SMILES string of the molecule is COc1cccc([C@@H](C(=O)N(C)CCC2CC3(CCN(C(C)/C=C\C(C(=O)NC4CC4)=C(/N)Cl)CC3)C2)C(F)(F)F)c1. The number of hydrogen-bond donors (Lipinski definition) is 2. The minimum atomic E-state index is -4.70. The van der Waals surface area contributed by atoms with Gasteiger partial charge < -0.3 is 20.7 Å². The highest BCUT2D eigenvalue weighted by molar-refractivity contribution is 6.31. The molecule has 3 N–H and O–H groups in total. The molecule has 7 nitrogen and oxygen atoms in total. The number of piperidine rings is 1. The van der Waals surface area contributed by atoms with E-state index in [0.29, 0.717) is 17.9 Å². The number of halogens is 4. The number of methoxy groups -OCH3 is 1. The summed E-state index contributed by atoms with van der Waals surface area (Å²) in [7, 11) is 2.84. The summed E-state index contributed by atoms with van der Waals surface area (Å²) < 4.78 is 46.9. The first kappa shape index (κ1) is 32.2. The van der Waals surface area contributed by atoms with Crippen molar-refractivity contribution < 1.29 is 27.5 Å². The lowest BCUT2D eigenvalue weighted by molar-refractivity contribution is -0.171. The third-order valence-corrected chi connectivity index (χ3v) is 9.29. The van der Waals surface area contributed by atoms with Crippen LogP contribution in [0.3, 0.4) is 0 Å². The summed E-state index contributed by atoms with van der Waals surface area (Å²) in [4.78, 5) is 28.9. The van der Waals surface area contributed by atoms with Crippen molar-refractivity contribution in [2.24, 2.45) is 17.1 Å². The molecule has 3 aliphatic rings. The second-order valence-corrected chi connectivity index (χ2v) is 12.6. The number of benzene rings is 1. The van der Waals surface area contributed by atoms with Crippen LogP contribution in [0, 0.1) is 11.3 Å². The monoisotopic (exact) mass is 610 g/mol. The molecule has 3 fully saturated rings. The first-order valence-electron chi connectivity index (χ1n) is 14.7. The lowest BCUT2D eigenvalue weighted by atomic mass is 9.56. The summed E-state index contributed by atoms with van der Waals surface area (Å²) >= 11 is 5.98. The van der Waals surface area contributed by atoms with Crippen LogP contribution in [0.4, 0.5) is 13.2 Å². The fraction of sp³-hybridized carbons (Fsp3) is 0.613. The van der Waals surface area contributed by atoms with Gasteiger partial charge in [0.15, 0.2) is 5.92 Å². The second kappa shape index (κ2) is 13.3. The predicted octanol–water partition coefficient (Wildman–Crippen LogP) is 5.31. The largest absolute Gasteiger partial charge is 0.497 e. The Labute approximate surface area is 251 Å². The number of amides is 2. The lowest BCUT2D eigenvalue weighted by Gasteiger charge is -2.53. The highest BCUT2D eigenvalue weighted by atomic mass is 35.5. The highest BCUT2D eigenvalue weighted by Crippen LogP contribution is 2.54. The summed E-state index contributed by atoms with van der Waals surface area (Å²) in [5.74, 6) is -2.72. The minimum Gasteiger partial charge on any atom is -0.497 e. The van der Waals surface area contributed by atoms with E-state index in [-0.39, 0.29) is 46.4 Å². The molecule has 42 heavy (non-hydrogen) atoms. The Balaban J connectivity index is 1.23. The van der Waals surface area contributed by atoms with Gasteiger partial charge in [-0.3, -0.25) is 14.5 Å². The van der Waals surface area contributed by atoms with Gasteiger partial charge in [0.1, 0.15) is 10.9 Å².